The molecule has 1 aromatic carbocycles. The van der Waals surface area contributed by atoms with Gasteiger partial charge in [-0.25, -0.2) is 17.5 Å². The number of sulfonamides is 1. The van der Waals surface area contributed by atoms with Gasteiger partial charge in [0.1, 0.15) is 5.82 Å². The molecule has 0 saturated heterocycles. The summed E-state index contributed by atoms with van der Waals surface area (Å²) in [6.45, 7) is 3.30. The van der Waals surface area contributed by atoms with Crippen molar-refractivity contribution < 1.29 is 12.8 Å². The van der Waals surface area contributed by atoms with Gasteiger partial charge in [-0.2, -0.15) is 0 Å². The maximum absolute atomic E-state index is 13.1. The first-order chi connectivity index (χ1) is 7.88. The first-order valence-corrected chi connectivity index (χ1v) is 6.56. The van der Waals surface area contributed by atoms with Crippen LogP contribution < -0.4 is 4.72 Å². The molecule has 0 saturated carbocycles. The van der Waals surface area contributed by atoms with E-state index in [4.69, 9.17) is 6.42 Å². The van der Waals surface area contributed by atoms with Gasteiger partial charge in [0.2, 0.25) is 10.0 Å². The molecule has 3 nitrogen and oxygen atoms in total. The first kappa shape index (κ1) is 13.7. The molecule has 1 aromatic rings. The molecule has 0 fully saturated rings. The van der Waals surface area contributed by atoms with E-state index < -0.39 is 15.8 Å². The first-order valence-electron chi connectivity index (χ1n) is 5.08. The summed E-state index contributed by atoms with van der Waals surface area (Å²) in [6.07, 6.45) is 5.36. The molecule has 0 aliphatic carbocycles. The van der Waals surface area contributed by atoms with Gasteiger partial charge in [0.25, 0.3) is 0 Å². The van der Waals surface area contributed by atoms with Crippen LogP contribution in [0, 0.1) is 32.0 Å². The predicted molar refractivity (Wildman–Crippen MR) is 64.5 cm³/mol. The third-order valence-corrected chi connectivity index (χ3v) is 4.02. The van der Waals surface area contributed by atoms with Crippen molar-refractivity contribution in [3.05, 3.63) is 29.1 Å². The lowest BCUT2D eigenvalue weighted by Crippen LogP contribution is -2.26. The quantitative estimate of drug-likeness (QED) is 0.658. The lowest BCUT2D eigenvalue weighted by Gasteiger charge is -2.11. The highest BCUT2D eigenvalue weighted by Crippen LogP contribution is 2.20. The van der Waals surface area contributed by atoms with E-state index in [2.05, 4.69) is 10.6 Å². The van der Waals surface area contributed by atoms with Crippen molar-refractivity contribution in [1.29, 1.82) is 0 Å². The molecule has 17 heavy (non-hydrogen) atoms. The molecule has 5 heteroatoms. The molecule has 1 N–H and O–H groups in total. The Hall–Kier alpha value is -1.38. The summed E-state index contributed by atoms with van der Waals surface area (Å²) in [5.41, 5.74) is 0.770. The van der Waals surface area contributed by atoms with Gasteiger partial charge in [0.05, 0.1) is 4.90 Å². The Labute approximate surface area is 101 Å². The molecule has 0 heterocycles. The maximum Gasteiger partial charge on any atom is 0.241 e. The van der Waals surface area contributed by atoms with Crippen LogP contribution in [0.4, 0.5) is 4.39 Å². The van der Waals surface area contributed by atoms with Gasteiger partial charge in [-0.3, -0.25) is 0 Å². The number of benzene rings is 1. The average Bonchev–Trinajstić information content (AvgIpc) is 2.15. The number of terminal acetylenes is 1. The van der Waals surface area contributed by atoms with Crippen LogP contribution in [0.25, 0.3) is 0 Å². The van der Waals surface area contributed by atoms with Crippen LogP contribution in [0.15, 0.2) is 17.0 Å². The van der Waals surface area contributed by atoms with E-state index in [0.29, 0.717) is 17.5 Å². The minimum absolute atomic E-state index is 0.121. The normalized spacial score (nSPS) is 11.2. The minimum Gasteiger partial charge on any atom is -0.210 e. The van der Waals surface area contributed by atoms with Gasteiger partial charge < -0.3 is 0 Å². The molecule has 0 amide bonds. The second-order valence-corrected chi connectivity index (χ2v) is 5.42. The fraction of sp³-hybridized carbons (Fsp3) is 0.333. The Morgan fingerprint density at radius 3 is 2.35 bits per heavy atom. The minimum atomic E-state index is -3.62. The fourth-order valence-electron chi connectivity index (χ4n) is 1.65. The van der Waals surface area contributed by atoms with Crippen LogP contribution in [0.2, 0.25) is 0 Å². The third-order valence-electron chi connectivity index (χ3n) is 2.26. The van der Waals surface area contributed by atoms with E-state index in [0.717, 1.165) is 0 Å². The molecule has 1 rings (SSSR count). The van der Waals surface area contributed by atoms with E-state index in [1.54, 1.807) is 13.8 Å². The highest BCUT2D eigenvalue weighted by molar-refractivity contribution is 7.89. The second kappa shape index (κ2) is 5.30. The van der Waals surface area contributed by atoms with Crippen LogP contribution in [0.1, 0.15) is 17.5 Å². The van der Waals surface area contributed by atoms with E-state index in [9.17, 15) is 12.8 Å². The topological polar surface area (TPSA) is 46.2 Å². The number of hydrogen-bond acceptors (Lipinski definition) is 2. The summed E-state index contributed by atoms with van der Waals surface area (Å²) in [5.74, 6) is 1.90. The second-order valence-electron chi connectivity index (χ2n) is 3.72. The van der Waals surface area contributed by atoms with Crippen LogP contribution in [-0.2, 0) is 10.0 Å². The Kier molecular flexibility index (Phi) is 4.27. The zero-order valence-corrected chi connectivity index (χ0v) is 10.6. The molecule has 0 unspecified atom stereocenters. The summed E-state index contributed by atoms with van der Waals surface area (Å²) in [5, 5.41) is 0. The van der Waals surface area contributed by atoms with Crippen molar-refractivity contribution in [2.75, 3.05) is 6.54 Å². The Bertz CT molecular complexity index is 535. The number of nitrogens with one attached hydrogen (secondary N) is 1. The third kappa shape index (κ3) is 3.29. The van der Waals surface area contributed by atoms with E-state index >= 15 is 0 Å². The molecule has 0 bridgehead atoms. The maximum atomic E-state index is 13.1. The Balaban J connectivity index is 3.12. The van der Waals surface area contributed by atoms with Crippen molar-refractivity contribution in [2.24, 2.45) is 0 Å². The highest BCUT2D eigenvalue weighted by Gasteiger charge is 2.19. The van der Waals surface area contributed by atoms with Crippen molar-refractivity contribution in [3.63, 3.8) is 0 Å². The van der Waals surface area contributed by atoms with E-state index in [1.807, 2.05) is 0 Å². The van der Waals surface area contributed by atoms with Crippen LogP contribution in [-0.4, -0.2) is 15.0 Å². The Morgan fingerprint density at radius 2 is 1.88 bits per heavy atom. The van der Waals surface area contributed by atoms with Crippen molar-refractivity contribution in [2.45, 2.75) is 25.2 Å². The summed E-state index contributed by atoms with van der Waals surface area (Å²) in [7, 11) is -3.62. The van der Waals surface area contributed by atoms with Gasteiger partial charge in [-0.1, -0.05) is 0 Å². The van der Waals surface area contributed by atoms with E-state index in [-0.39, 0.29) is 11.4 Å². The number of hydrogen-bond donors (Lipinski definition) is 1. The molecule has 0 aliphatic rings. The largest absolute Gasteiger partial charge is 0.241 e. The molecule has 0 aromatic heterocycles. The van der Waals surface area contributed by atoms with Gasteiger partial charge in [-0.05, 0) is 37.1 Å². The summed E-state index contributed by atoms with van der Waals surface area (Å²) >= 11 is 0. The summed E-state index contributed by atoms with van der Waals surface area (Å²) in [4.78, 5) is 0.121. The zero-order valence-electron chi connectivity index (χ0n) is 9.75. The average molecular weight is 255 g/mol. The highest BCUT2D eigenvalue weighted by atomic mass is 32.2. The van der Waals surface area contributed by atoms with Crippen LogP contribution in [0.5, 0.6) is 0 Å². The van der Waals surface area contributed by atoms with Gasteiger partial charge in [0, 0.05) is 13.0 Å². The Morgan fingerprint density at radius 1 is 1.35 bits per heavy atom. The summed E-state index contributed by atoms with van der Waals surface area (Å²) in [6, 6.07) is 2.39. The van der Waals surface area contributed by atoms with Crippen LogP contribution >= 0.6 is 0 Å². The van der Waals surface area contributed by atoms with Crippen molar-refractivity contribution in [1.82, 2.24) is 4.72 Å². The van der Waals surface area contributed by atoms with Crippen molar-refractivity contribution in [3.8, 4) is 12.3 Å². The molecular weight excluding hydrogens is 241 g/mol. The van der Waals surface area contributed by atoms with Crippen LogP contribution in [0.3, 0.4) is 0 Å². The molecular formula is C12H14FNO2S. The van der Waals surface area contributed by atoms with Gasteiger partial charge in [0.15, 0.2) is 0 Å². The number of halogens is 1. The molecule has 92 valence electrons. The van der Waals surface area contributed by atoms with E-state index in [1.165, 1.54) is 12.1 Å². The summed E-state index contributed by atoms with van der Waals surface area (Å²) < 4.78 is 39.4. The lowest BCUT2D eigenvalue weighted by molar-refractivity contribution is 0.579. The molecule has 0 atom stereocenters. The molecule has 0 spiro atoms. The van der Waals surface area contributed by atoms with Gasteiger partial charge >= 0.3 is 0 Å². The smallest absolute Gasteiger partial charge is 0.210 e. The number of aryl methyl sites for hydroxylation is 2. The van der Waals surface area contributed by atoms with Crippen molar-refractivity contribution >= 4 is 10.0 Å². The predicted octanol–water partition coefficient (Wildman–Crippen LogP) is 1.74. The molecule has 0 radical (unpaired) electrons. The number of rotatable bonds is 4. The SMILES string of the molecule is C#CCCNS(=O)(=O)c1c(C)cc(F)cc1C. The zero-order chi connectivity index (χ0) is 13.1. The lowest BCUT2D eigenvalue weighted by atomic mass is 10.1. The monoisotopic (exact) mass is 255 g/mol. The fourth-order valence-corrected chi connectivity index (χ4v) is 3.13. The standard InChI is InChI=1S/C12H14FNO2S/c1-4-5-6-14-17(15,16)12-9(2)7-11(13)8-10(12)3/h1,7-8,14H,5-6H2,2-3H3. The van der Waals surface area contributed by atoms with Gasteiger partial charge in [-0.15, -0.1) is 12.3 Å². The molecule has 0 aliphatic heterocycles.